The van der Waals surface area contributed by atoms with Crippen LogP contribution in [0.3, 0.4) is 0 Å². The molecule has 142 valence electrons. The highest BCUT2D eigenvalue weighted by molar-refractivity contribution is 5.35. The molecule has 2 rings (SSSR count). The Morgan fingerprint density at radius 3 is 2.24 bits per heavy atom. The van der Waals surface area contributed by atoms with Gasteiger partial charge in [-0.25, -0.2) is 4.39 Å². The zero-order valence-corrected chi connectivity index (χ0v) is 13.8. The second kappa shape index (κ2) is 7.74. The van der Waals surface area contributed by atoms with Crippen LogP contribution in [0.15, 0.2) is 12.1 Å². The van der Waals surface area contributed by atoms with Gasteiger partial charge >= 0.3 is 6.11 Å². The predicted molar refractivity (Wildman–Crippen MR) is 77.5 cm³/mol. The molecule has 9 heteroatoms. The molecule has 0 spiro atoms. The number of benzene rings is 1. The SMILES string of the molecule is CCCC1(F)COC(C(F)(F)Oc2ccc(OCC)c(F)c2F)OC1. The average molecular weight is 370 g/mol. The summed E-state index contributed by atoms with van der Waals surface area (Å²) in [7, 11) is 0. The van der Waals surface area contributed by atoms with Gasteiger partial charge in [0.2, 0.25) is 11.6 Å². The van der Waals surface area contributed by atoms with Gasteiger partial charge in [-0.15, -0.1) is 0 Å². The van der Waals surface area contributed by atoms with E-state index >= 15 is 0 Å². The molecule has 0 atom stereocenters. The molecule has 0 saturated carbocycles. The van der Waals surface area contributed by atoms with E-state index in [1.54, 1.807) is 13.8 Å². The Morgan fingerprint density at radius 1 is 1.12 bits per heavy atom. The molecule has 1 heterocycles. The lowest BCUT2D eigenvalue weighted by molar-refractivity contribution is -0.362. The van der Waals surface area contributed by atoms with Gasteiger partial charge in [0, 0.05) is 0 Å². The van der Waals surface area contributed by atoms with Crippen molar-refractivity contribution < 1.29 is 40.9 Å². The molecule has 0 unspecified atom stereocenters. The normalized spacial score (nSPS) is 24.2. The molecule has 1 aromatic rings. The van der Waals surface area contributed by atoms with Crippen molar-refractivity contribution in [2.75, 3.05) is 19.8 Å². The van der Waals surface area contributed by atoms with E-state index in [2.05, 4.69) is 4.74 Å². The van der Waals surface area contributed by atoms with Crippen molar-refractivity contribution in [3.05, 3.63) is 23.8 Å². The standard InChI is InChI=1S/C16H19F5O4/c1-3-7-15(19)8-23-14(24-9-15)16(20,21)25-11-6-5-10(22-4-2)12(17)13(11)18/h5-6,14H,3-4,7-9H2,1-2H3. The molecule has 1 aliphatic rings. The number of hydrogen-bond donors (Lipinski definition) is 0. The van der Waals surface area contributed by atoms with E-state index in [-0.39, 0.29) is 13.0 Å². The number of ether oxygens (including phenoxy) is 4. The fraction of sp³-hybridized carbons (Fsp3) is 0.625. The second-order valence-corrected chi connectivity index (χ2v) is 5.64. The van der Waals surface area contributed by atoms with Crippen LogP contribution in [0.25, 0.3) is 0 Å². The van der Waals surface area contributed by atoms with Crippen LogP contribution in [0.4, 0.5) is 22.0 Å². The van der Waals surface area contributed by atoms with Crippen LogP contribution in [-0.4, -0.2) is 37.9 Å². The van der Waals surface area contributed by atoms with Crippen LogP contribution in [0.2, 0.25) is 0 Å². The first-order valence-corrected chi connectivity index (χ1v) is 7.82. The summed E-state index contributed by atoms with van der Waals surface area (Å²) in [5, 5.41) is 0. The molecular weight excluding hydrogens is 351 g/mol. The maximum absolute atomic E-state index is 14.1. The monoisotopic (exact) mass is 370 g/mol. The first kappa shape index (κ1) is 19.7. The average Bonchev–Trinajstić information content (AvgIpc) is 2.55. The topological polar surface area (TPSA) is 36.9 Å². The Kier molecular flexibility index (Phi) is 6.10. The van der Waals surface area contributed by atoms with E-state index < -0.39 is 54.4 Å². The summed E-state index contributed by atoms with van der Waals surface area (Å²) < 4.78 is 88.3. The molecule has 0 amide bonds. The highest BCUT2D eigenvalue weighted by Gasteiger charge is 2.51. The lowest BCUT2D eigenvalue weighted by atomic mass is 10.0. The minimum atomic E-state index is -4.14. The van der Waals surface area contributed by atoms with Gasteiger partial charge in [-0.3, -0.25) is 0 Å². The fourth-order valence-corrected chi connectivity index (χ4v) is 2.38. The first-order chi connectivity index (χ1) is 11.7. The maximum Gasteiger partial charge on any atom is 0.451 e. The fourth-order valence-electron chi connectivity index (χ4n) is 2.38. The number of alkyl halides is 3. The summed E-state index contributed by atoms with van der Waals surface area (Å²) in [4.78, 5) is 0. The molecule has 4 nitrogen and oxygen atoms in total. The summed E-state index contributed by atoms with van der Waals surface area (Å²) in [6, 6.07) is 1.76. The van der Waals surface area contributed by atoms with E-state index in [9.17, 15) is 22.0 Å². The van der Waals surface area contributed by atoms with Crippen LogP contribution >= 0.6 is 0 Å². The van der Waals surface area contributed by atoms with Gasteiger partial charge in [-0.2, -0.15) is 17.6 Å². The molecule has 0 radical (unpaired) electrons. The molecule has 0 aliphatic carbocycles. The van der Waals surface area contributed by atoms with E-state index in [1.165, 1.54) is 0 Å². The van der Waals surface area contributed by atoms with Gasteiger partial charge in [0.15, 0.2) is 17.2 Å². The largest absolute Gasteiger partial charge is 0.491 e. The summed E-state index contributed by atoms with van der Waals surface area (Å²) in [6.45, 7) is 2.14. The third-order valence-corrected chi connectivity index (χ3v) is 3.52. The van der Waals surface area contributed by atoms with E-state index in [0.29, 0.717) is 6.42 Å². The Balaban J connectivity index is 2.08. The van der Waals surface area contributed by atoms with Gasteiger partial charge in [-0.1, -0.05) is 13.3 Å². The molecule has 0 bridgehead atoms. The highest BCUT2D eigenvalue weighted by Crippen LogP contribution is 2.36. The van der Waals surface area contributed by atoms with E-state index in [1.807, 2.05) is 0 Å². The Morgan fingerprint density at radius 2 is 1.68 bits per heavy atom. The Hall–Kier alpha value is -1.61. The van der Waals surface area contributed by atoms with Crippen LogP contribution in [0.1, 0.15) is 26.7 Å². The van der Waals surface area contributed by atoms with Crippen LogP contribution in [-0.2, 0) is 9.47 Å². The summed E-state index contributed by atoms with van der Waals surface area (Å²) in [5.41, 5.74) is -1.86. The van der Waals surface area contributed by atoms with Gasteiger partial charge < -0.3 is 18.9 Å². The summed E-state index contributed by atoms with van der Waals surface area (Å²) in [6.07, 6.45) is -5.81. The molecular formula is C16H19F5O4. The van der Waals surface area contributed by atoms with E-state index in [4.69, 9.17) is 14.2 Å². The Bertz CT molecular complexity index is 588. The van der Waals surface area contributed by atoms with Crippen LogP contribution in [0, 0.1) is 11.6 Å². The lowest BCUT2D eigenvalue weighted by Crippen LogP contribution is -2.52. The van der Waals surface area contributed by atoms with Crippen LogP contribution < -0.4 is 9.47 Å². The minimum absolute atomic E-state index is 0.0687. The number of hydrogen-bond acceptors (Lipinski definition) is 4. The van der Waals surface area contributed by atoms with Gasteiger partial charge in [-0.05, 0) is 25.5 Å². The van der Waals surface area contributed by atoms with E-state index in [0.717, 1.165) is 12.1 Å². The van der Waals surface area contributed by atoms with Gasteiger partial charge in [0.25, 0.3) is 6.29 Å². The van der Waals surface area contributed by atoms with Crippen molar-refractivity contribution in [1.29, 1.82) is 0 Å². The van der Waals surface area contributed by atoms with Crippen molar-refractivity contribution in [1.82, 2.24) is 0 Å². The van der Waals surface area contributed by atoms with Crippen molar-refractivity contribution >= 4 is 0 Å². The zero-order valence-electron chi connectivity index (χ0n) is 13.8. The van der Waals surface area contributed by atoms with Crippen molar-refractivity contribution in [2.24, 2.45) is 0 Å². The highest BCUT2D eigenvalue weighted by atomic mass is 19.3. The number of halogens is 5. The maximum atomic E-state index is 14.1. The summed E-state index contributed by atoms with van der Waals surface area (Å²) >= 11 is 0. The molecule has 1 aliphatic heterocycles. The van der Waals surface area contributed by atoms with Gasteiger partial charge in [0.05, 0.1) is 19.8 Å². The first-order valence-electron chi connectivity index (χ1n) is 7.82. The van der Waals surface area contributed by atoms with Gasteiger partial charge in [0.1, 0.15) is 0 Å². The molecule has 1 fully saturated rings. The molecule has 0 N–H and O–H groups in total. The second-order valence-electron chi connectivity index (χ2n) is 5.64. The minimum Gasteiger partial charge on any atom is -0.491 e. The van der Waals surface area contributed by atoms with Crippen molar-refractivity contribution in [3.63, 3.8) is 0 Å². The van der Waals surface area contributed by atoms with Crippen LogP contribution in [0.5, 0.6) is 11.5 Å². The summed E-state index contributed by atoms with van der Waals surface area (Å²) in [5.74, 6) is -4.55. The third-order valence-electron chi connectivity index (χ3n) is 3.52. The number of rotatable bonds is 7. The quantitative estimate of drug-likeness (QED) is 0.674. The Labute approximate surface area is 141 Å². The smallest absolute Gasteiger partial charge is 0.451 e. The molecule has 1 aromatic carbocycles. The predicted octanol–water partition coefficient (Wildman–Crippen LogP) is 4.22. The van der Waals surface area contributed by atoms with Crippen molar-refractivity contribution in [3.8, 4) is 11.5 Å². The molecule has 1 saturated heterocycles. The zero-order chi connectivity index (χ0) is 18.7. The van der Waals surface area contributed by atoms with Crippen molar-refractivity contribution in [2.45, 2.75) is 44.8 Å². The molecule has 25 heavy (non-hydrogen) atoms. The molecule has 0 aromatic heterocycles. The third kappa shape index (κ3) is 4.52. The lowest BCUT2D eigenvalue weighted by Gasteiger charge is -2.36.